The SMILES string of the molecule is CCNc1cc(C(=O)c2ccc(Oc3ccccc3)c(NCC)c2)ccc1Oc1ccccc1. The second kappa shape index (κ2) is 11.1. The van der Waals surface area contributed by atoms with Gasteiger partial charge in [-0.25, -0.2) is 0 Å². The molecule has 0 aliphatic carbocycles. The first-order chi connectivity index (χ1) is 16.7. The third kappa shape index (κ3) is 5.56. The highest BCUT2D eigenvalue weighted by molar-refractivity contribution is 6.10. The zero-order valence-corrected chi connectivity index (χ0v) is 19.4. The molecular formula is C29H28N2O3. The molecule has 0 saturated heterocycles. The summed E-state index contributed by atoms with van der Waals surface area (Å²) in [6.07, 6.45) is 0. The summed E-state index contributed by atoms with van der Waals surface area (Å²) in [5.74, 6) is 2.75. The Labute approximate surface area is 200 Å². The predicted molar refractivity (Wildman–Crippen MR) is 138 cm³/mol. The van der Waals surface area contributed by atoms with Crippen molar-refractivity contribution in [1.29, 1.82) is 0 Å². The number of carbonyl (C=O) groups excluding carboxylic acids is 1. The number of hydrogen-bond donors (Lipinski definition) is 2. The Kier molecular flexibility index (Phi) is 7.45. The van der Waals surface area contributed by atoms with Gasteiger partial charge < -0.3 is 20.1 Å². The molecule has 0 aliphatic heterocycles. The number of anilines is 2. The Morgan fingerprint density at radius 3 is 1.41 bits per heavy atom. The fourth-order valence-corrected chi connectivity index (χ4v) is 3.58. The Bertz CT molecular complexity index is 1140. The predicted octanol–water partition coefficient (Wildman–Crippen LogP) is 7.37. The first-order valence-electron chi connectivity index (χ1n) is 11.4. The number of benzene rings is 4. The lowest BCUT2D eigenvalue weighted by molar-refractivity contribution is 0.103. The molecule has 0 spiro atoms. The summed E-state index contributed by atoms with van der Waals surface area (Å²) in [5, 5.41) is 6.60. The molecule has 0 unspecified atom stereocenters. The maximum atomic E-state index is 13.4. The van der Waals surface area contributed by atoms with E-state index in [4.69, 9.17) is 9.47 Å². The van der Waals surface area contributed by atoms with Gasteiger partial charge in [0, 0.05) is 24.2 Å². The van der Waals surface area contributed by atoms with Crippen LogP contribution < -0.4 is 20.1 Å². The smallest absolute Gasteiger partial charge is 0.193 e. The van der Waals surface area contributed by atoms with Gasteiger partial charge in [0.1, 0.15) is 11.5 Å². The number of rotatable bonds is 10. The van der Waals surface area contributed by atoms with Crippen LogP contribution in [0.3, 0.4) is 0 Å². The van der Waals surface area contributed by atoms with Gasteiger partial charge in [-0.3, -0.25) is 4.79 Å². The van der Waals surface area contributed by atoms with E-state index in [2.05, 4.69) is 10.6 Å². The molecule has 172 valence electrons. The summed E-state index contributed by atoms with van der Waals surface area (Å²) in [6.45, 7) is 5.43. The molecule has 0 radical (unpaired) electrons. The van der Waals surface area contributed by atoms with Crippen LogP contribution in [-0.4, -0.2) is 18.9 Å². The number of ketones is 1. The van der Waals surface area contributed by atoms with E-state index >= 15 is 0 Å². The minimum absolute atomic E-state index is 0.0733. The van der Waals surface area contributed by atoms with Crippen molar-refractivity contribution in [2.24, 2.45) is 0 Å². The highest BCUT2D eigenvalue weighted by Crippen LogP contribution is 2.33. The van der Waals surface area contributed by atoms with Gasteiger partial charge in [-0.1, -0.05) is 36.4 Å². The van der Waals surface area contributed by atoms with Crippen LogP contribution in [0.5, 0.6) is 23.0 Å². The fourth-order valence-electron chi connectivity index (χ4n) is 3.58. The van der Waals surface area contributed by atoms with Crippen LogP contribution in [0.2, 0.25) is 0 Å². The van der Waals surface area contributed by atoms with E-state index in [-0.39, 0.29) is 5.78 Å². The molecule has 34 heavy (non-hydrogen) atoms. The summed E-state index contributed by atoms with van der Waals surface area (Å²) in [4.78, 5) is 13.4. The average Bonchev–Trinajstić information content (AvgIpc) is 2.87. The van der Waals surface area contributed by atoms with Gasteiger partial charge in [0.2, 0.25) is 0 Å². The van der Waals surface area contributed by atoms with Crippen LogP contribution in [-0.2, 0) is 0 Å². The molecule has 5 nitrogen and oxygen atoms in total. The van der Waals surface area contributed by atoms with Crippen LogP contribution in [0.4, 0.5) is 11.4 Å². The first kappa shape index (κ1) is 22.9. The topological polar surface area (TPSA) is 59.6 Å². The van der Waals surface area contributed by atoms with Crippen molar-refractivity contribution in [1.82, 2.24) is 0 Å². The molecule has 0 heterocycles. The Morgan fingerprint density at radius 2 is 1.03 bits per heavy atom. The minimum atomic E-state index is -0.0733. The van der Waals surface area contributed by atoms with Gasteiger partial charge in [-0.15, -0.1) is 0 Å². The van der Waals surface area contributed by atoms with Crippen molar-refractivity contribution in [3.8, 4) is 23.0 Å². The largest absolute Gasteiger partial charge is 0.455 e. The summed E-state index contributed by atoms with van der Waals surface area (Å²) in [7, 11) is 0. The quantitative estimate of drug-likeness (QED) is 0.246. The normalized spacial score (nSPS) is 10.4. The summed E-state index contributed by atoms with van der Waals surface area (Å²) < 4.78 is 12.1. The maximum Gasteiger partial charge on any atom is 0.193 e. The van der Waals surface area contributed by atoms with Gasteiger partial charge in [-0.05, 0) is 74.5 Å². The van der Waals surface area contributed by atoms with Gasteiger partial charge in [-0.2, -0.15) is 0 Å². The maximum absolute atomic E-state index is 13.4. The molecule has 5 heteroatoms. The van der Waals surface area contributed by atoms with Crippen LogP contribution in [0.1, 0.15) is 29.8 Å². The molecule has 0 amide bonds. The lowest BCUT2D eigenvalue weighted by atomic mass is 10.0. The van der Waals surface area contributed by atoms with E-state index in [0.29, 0.717) is 35.7 Å². The molecule has 4 aromatic carbocycles. The number of nitrogens with one attached hydrogen (secondary N) is 2. The van der Waals surface area contributed by atoms with E-state index in [9.17, 15) is 4.79 Å². The average molecular weight is 453 g/mol. The zero-order valence-electron chi connectivity index (χ0n) is 19.4. The van der Waals surface area contributed by atoms with Crippen molar-refractivity contribution < 1.29 is 14.3 Å². The van der Waals surface area contributed by atoms with E-state index in [1.807, 2.05) is 98.8 Å². The van der Waals surface area contributed by atoms with Crippen molar-refractivity contribution in [3.05, 3.63) is 108 Å². The van der Waals surface area contributed by atoms with Gasteiger partial charge in [0.25, 0.3) is 0 Å². The molecule has 0 aliphatic rings. The highest BCUT2D eigenvalue weighted by Gasteiger charge is 2.16. The van der Waals surface area contributed by atoms with Crippen LogP contribution in [0.25, 0.3) is 0 Å². The molecule has 0 atom stereocenters. The van der Waals surface area contributed by atoms with E-state index in [1.165, 1.54) is 0 Å². The molecule has 0 fully saturated rings. The van der Waals surface area contributed by atoms with Crippen molar-refractivity contribution >= 4 is 17.2 Å². The summed E-state index contributed by atoms with van der Waals surface area (Å²) >= 11 is 0. The molecule has 4 rings (SSSR count). The lowest BCUT2D eigenvalue weighted by Crippen LogP contribution is -2.06. The standard InChI is InChI=1S/C29H28N2O3/c1-3-30-25-19-21(15-17-27(25)33-23-11-7-5-8-12-23)29(32)22-16-18-28(26(20-22)31-4-2)34-24-13-9-6-10-14-24/h5-20,30-31H,3-4H2,1-2H3. The van der Waals surface area contributed by atoms with Crippen molar-refractivity contribution in [2.45, 2.75) is 13.8 Å². The number of hydrogen-bond acceptors (Lipinski definition) is 5. The van der Waals surface area contributed by atoms with Crippen molar-refractivity contribution in [2.75, 3.05) is 23.7 Å². The van der Waals surface area contributed by atoms with E-state index in [1.54, 1.807) is 12.1 Å². The first-order valence-corrected chi connectivity index (χ1v) is 11.4. The Hall–Kier alpha value is -4.25. The molecule has 0 saturated carbocycles. The lowest BCUT2D eigenvalue weighted by Gasteiger charge is -2.15. The van der Waals surface area contributed by atoms with E-state index < -0.39 is 0 Å². The number of ether oxygens (including phenoxy) is 2. The number of para-hydroxylation sites is 2. The number of carbonyl (C=O) groups is 1. The van der Waals surface area contributed by atoms with Crippen LogP contribution in [0.15, 0.2) is 97.1 Å². The summed E-state index contributed by atoms with van der Waals surface area (Å²) in [5.41, 5.74) is 2.70. The second-order valence-corrected chi connectivity index (χ2v) is 7.64. The van der Waals surface area contributed by atoms with Crippen LogP contribution >= 0.6 is 0 Å². The van der Waals surface area contributed by atoms with Crippen LogP contribution in [0, 0.1) is 0 Å². The van der Waals surface area contributed by atoms with Gasteiger partial charge in [0.15, 0.2) is 17.3 Å². The highest BCUT2D eigenvalue weighted by atomic mass is 16.5. The Morgan fingerprint density at radius 1 is 0.618 bits per heavy atom. The minimum Gasteiger partial charge on any atom is -0.455 e. The monoisotopic (exact) mass is 452 g/mol. The zero-order chi connectivity index (χ0) is 23.8. The fraction of sp³-hybridized carbons (Fsp3) is 0.138. The van der Waals surface area contributed by atoms with Gasteiger partial charge >= 0.3 is 0 Å². The second-order valence-electron chi connectivity index (χ2n) is 7.64. The van der Waals surface area contributed by atoms with E-state index in [0.717, 1.165) is 22.9 Å². The molecule has 0 aromatic heterocycles. The molecular weight excluding hydrogens is 424 g/mol. The molecule has 2 N–H and O–H groups in total. The van der Waals surface area contributed by atoms with Gasteiger partial charge in [0.05, 0.1) is 11.4 Å². The van der Waals surface area contributed by atoms with Crippen molar-refractivity contribution in [3.63, 3.8) is 0 Å². The summed E-state index contributed by atoms with van der Waals surface area (Å²) in [6, 6.07) is 30.1. The molecule has 4 aromatic rings. The third-order valence-corrected chi connectivity index (χ3v) is 5.16. The Balaban J connectivity index is 1.61. The molecule has 0 bridgehead atoms. The third-order valence-electron chi connectivity index (χ3n) is 5.16.